The first kappa shape index (κ1) is 15.1. The van der Waals surface area contributed by atoms with Gasteiger partial charge in [-0.05, 0) is 47.0 Å². The molecule has 0 spiro atoms. The molecular formula is C15H12F3NO2. The summed E-state index contributed by atoms with van der Waals surface area (Å²) < 4.78 is 37.5. The van der Waals surface area contributed by atoms with Crippen molar-refractivity contribution in [2.24, 2.45) is 5.73 Å². The van der Waals surface area contributed by atoms with Gasteiger partial charge in [-0.25, -0.2) is 4.79 Å². The van der Waals surface area contributed by atoms with Crippen LogP contribution in [-0.2, 0) is 12.7 Å². The maximum absolute atomic E-state index is 12.5. The van der Waals surface area contributed by atoms with E-state index in [-0.39, 0.29) is 12.1 Å². The highest BCUT2D eigenvalue weighted by Gasteiger charge is 2.29. The lowest BCUT2D eigenvalue weighted by atomic mass is 9.98. The predicted molar refractivity (Wildman–Crippen MR) is 71.7 cm³/mol. The molecule has 0 amide bonds. The smallest absolute Gasteiger partial charge is 0.416 e. The van der Waals surface area contributed by atoms with Crippen molar-refractivity contribution in [3.8, 4) is 11.1 Å². The summed E-state index contributed by atoms with van der Waals surface area (Å²) in [7, 11) is 0. The third kappa shape index (κ3) is 3.41. The quantitative estimate of drug-likeness (QED) is 0.910. The summed E-state index contributed by atoms with van der Waals surface area (Å²) in [4.78, 5) is 11.0. The number of hydrogen-bond acceptors (Lipinski definition) is 2. The van der Waals surface area contributed by atoms with Gasteiger partial charge in [-0.15, -0.1) is 0 Å². The number of carboxylic acids is 1. The van der Waals surface area contributed by atoms with Gasteiger partial charge in [0.15, 0.2) is 0 Å². The number of benzene rings is 2. The molecule has 0 aromatic heterocycles. The highest BCUT2D eigenvalue weighted by atomic mass is 19.4. The molecule has 0 bridgehead atoms. The summed E-state index contributed by atoms with van der Waals surface area (Å²) in [5, 5.41) is 9.04. The van der Waals surface area contributed by atoms with Crippen LogP contribution in [0.25, 0.3) is 11.1 Å². The van der Waals surface area contributed by atoms with Crippen molar-refractivity contribution in [2.75, 3.05) is 0 Å². The first-order valence-corrected chi connectivity index (χ1v) is 6.06. The van der Waals surface area contributed by atoms with Crippen molar-refractivity contribution in [1.82, 2.24) is 0 Å². The van der Waals surface area contributed by atoms with E-state index in [1.807, 2.05) is 0 Å². The van der Waals surface area contributed by atoms with Crippen LogP contribution in [0.4, 0.5) is 13.2 Å². The van der Waals surface area contributed by atoms with Crippen LogP contribution >= 0.6 is 0 Å². The molecule has 2 aromatic rings. The molecule has 0 aliphatic rings. The Hall–Kier alpha value is -2.34. The van der Waals surface area contributed by atoms with Gasteiger partial charge in [0.05, 0.1) is 11.1 Å². The van der Waals surface area contributed by atoms with E-state index in [4.69, 9.17) is 10.8 Å². The number of carbonyl (C=O) groups is 1. The van der Waals surface area contributed by atoms with Crippen LogP contribution < -0.4 is 5.73 Å². The largest absolute Gasteiger partial charge is 0.478 e. The van der Waals surface area contributed by atoms with Crippen LogP contribution in [0.2, 0.25) is 0 Å². The molecule has 0 aliphatic carbocycles. The Morgan fingerprint density at radius 3 is 2.14 bits per heavy atom. The predicted octanol–water partition coefficient (Wildman–Crippen LogP) is 3.53. The molecule has 3 N–H and O–H groups in total. The number of rotatable bonds is 3. The van der Waals surface area contributed by atoms with Crippen LogP contribution in [0.5, 0.6) is 0 Å². The second-order valence-electron chi connectivity index (χ2n) is 4.50. The second kappa shape index (κ2) is 5.57. The molecule has 0 heterocycles. The molecule has 0 atom stereocenters. The van der Waals surface area contributed by atoms with Crippen molar-refractivity contribution in [3.05, 3.63) is 59.2 Å². The van der Waals surface area contributed by atoms with Crippen molar-refractivity contribution in [1.29, 1.82) is 0 Å². The van der Waals surface area contributed by atoms with E-state index in [0.717, 1.165) is 12.1 Å². The molecule has 21 heavy (non-hydrogen) atoms. The Bertz CT molecular complexity index is 664. The Labute approximate surface area is 118 Å². The maximum atomic E-state index is 12.5. The molecule has 0 saturated carbocycles. The van der Waals surface area contributed by atoms with E-state index in [1.54, 1.807) is 6.07 Å². The molecule has 0 fully saturated rings. The van der Waals surface area contributed by atoms with Gasteiger partial charge < -0.3 is 10.8 Å². The Balaban J connectivity index is 2.46. The first-order chi connectivity index (χ1) is 9.81. The normalized spacial score (nSPS) is 11.4. The lowest BCUT2D eigenvalue weighted by Crippen LogP contribution is -2.04. The van der Waals surface area contributed by atoms with Gasteiger partial charge in [0.2, 0.25) is 0 Å². The van der Waals surface area contributed by atoms with Gasteiger partial charge in [0.1, 0.15) is 0 Å². The average Bonchev–Trinajstić information content (AvgIpc) is 2.46. The van der Waals surface area contributed by atoms with Crippen LogP contribution in [0.1, 0.15) is 21.5 Å². The van der Waals surface area contributed by atoms with Crippen LogP contribution in [0.3, 0.4) is 0 Å². The van der Waals surface area contributed by atoms with E-state index < -0.39 is 17.7 Å². The van der Waals surface area contributed by atoms with E-state index >= 15 is 0 Å². The SMILES string of the molecule is NCc1cc(C(=O)O)cc(-c2ccc(C(F)(F)F)cc2)c1. The maximum Gasteiger partial charge on any atom is 0.416 e. The number of hydrogen-bond donors (Lipinski definition) is 2. The fourth-order valence-corrected chi connectivity index (χ4v) is 1.95. The molecular weight excluding hydrogens is 283 g/mol. The minimum Gasteiger partial charge on any atom is -0.478 e. The molecule has 2 aromatic carbocycles. The van der Waals surface area contributed by atoms with E-state index in [1.165, 1.54) is 24.3 Å². The molecule has 0 radical (unpaired) electrons. The highest BCUT2D eigenvalue weighted by Crippen LogP contribution is 2.31. The average molecular weight is 295 g/mol. The lowest BCUT2D eigenvalue weighted by Gasteiger charge is -2.09. The zero-order valence-corrected chi connectivity index (χ0v) is 10.8. The van der Waals surface area contributed by atoms with Crippen molar-refractivity contribution in [2.45, 2.75) is 12.7 Å². The third-order valence-corrected chi connectivity index (χ3v) is 3.02. The first-order valence-electron chi connectivity index (χ1n) is 6.06. The van der Waals surface area contributed by atoms with Gasteiger partial charge in [0.25, 0.3) is 0 Å². The number of halogens is 3. The topological polar surface area (TPSA) is 63.3 Å². The lowest BCUT2D eigenvalue weighted by molar-refractivity contribution is -0.137. The number of aromatic carboxylic acids is 1. The van der Waals surface area contributed by atoms with Crippen molar-refractivity contribution < 1.29 is 23.1 Å². The van der Waals surface area contributed by atoms with Gasteiger partial charge in [-0.1, -0.05) is 12.1 Å². The summed E-state index contributed by atoms with van der Waals surface area (Å²) in [5.41, 5.74) is 6.42. The second-order valence-corrected chi connectivity index (χ2v) is 4.50. The van der Waals surface area contributed by atoms with Gasteiger partial charge in [-0.3, -0.25) is 0 Å². The number of alkyl halides is 3. The third-order valence-electron chi connectivity index (χ3n) is 3.02. The fraction of sp³-hybridized carbons (Fsp3) is 0.133. The van der Waals surface area contributed by atoms with E-state index in [9.17, 15) is 18.0 Å². The molecule has 0 aliphatic heterocycles. The van der Waals surface area contributed by atoms with E-state index in [0.29, 0.717) is 16.7 Å². The fourth-order valence-electron chi connectivity index (χ4n) is 1.95. The highest BCUT2D eigenvalue weighted by molar-refractivity contribution is 5.89. The minimum atomic E-state index is -4.40. The van der Waals surface area contributed by atoms with Crippen LogP contribution in [0, 0.1) is 0 Å². The van der Waals surface area contributed by atoms with Crippen LogP contribution in [0.15, 0.2) is 42.5 Å². The standard InChI is InChI=1S/C15H12F3NO2/c16-15(17,18)13-3-1-10(2-4-13)11-5-9(8-19)6-12(7-11)14(20)21/h1-7H,8,19H2,(H,20,21). The summed E-state index contributed by atoms with van der Waals surface area (Å²) in [6.45, 7) is 0.148. The minimum absolute atomic E-state index is 0.0489. The van der Waals surface area contributed by atoms with E-state index in [2.05, 4.69) is 0 Å². The summed E-state index contributed by atoms with van der Waals surface area (Å²) in [5.74, 6) is -1.11. The number of carboxylic acid groups (broad SMARTS) is 1. The van der Waals surface area contributed by atoms with Gasteiger partial charge >= 0.3 is 12.1 Å². The number of nitrogens with two attached hydrogens (primary N) is 1. The zero-order chi connectivity index (χ0) is 15.6. The summed E-state index contributed by atoms with van der Waals surface area (Å²) in [6, 6.07) is 9.05. The molecule has 3 nitrogen and oxygen atoms in total. The van der Waals surface area contributed by atoms with Crippen molar-refractivity contribution in [3.63, 3.8) is 0 Å². The molecule has 0 saturated heterocycles. The van der Waals surface area contributed by atoms with Crippen LogP contribution in [-0.4, -0.2) is 11.1 Å². The Morgan fingerprint density at radius 1 is 1.05 bits per heavy atom. The monoisotopic (exact) mass is 295 g/mol. The molecule has 2 rings (SSSR count). The Kier molecular flexibility index (Phi) is 3.99. The van der Waals surface area contributed by atoms with Crippen molar-refractivity contribution >= 4 is 5.97 Å². The molecule has 6 heteroatoms. The molecule has 0 unspecified atom stereocenters. The summed E-state index contributed by atoms with van der Waals surface area (Å²) in [6.07, 6.45) is -4.40. The Morgan fingerprint density at radius 2 is 1.67 bits per heavy atom. The molecule has 110 valence electrons. The summed E-state index contributed by atoms with van der Waals surface area (Å²) >= 11 is 0. The van der Waals surface area contributed by atoms with Gasteiger partial charge in [0, 0.05) is 6.54 Å². The van der Waals surface area contributed by atoms with Gasteiger partial charge in [-0.2, -0.15) is 13.2 Å². The zero-order valence-electron chi connectivity index (χ0n) is 10.8.